The van der Waals surface area contributed by atoms with E-state index in [0.717, 1.165) is 25.0 Å². The number of halogens is 1. The molecule has 0 bridgehead atoms. The summed E-state index contributed by atoms with van der Waals surface area (Å²) in [6.45, 7) is 3.07. The van der Waals surface area contributed by atoms with Crippen molar-refractivity contribution in [3.8, 4) is 0 Å². The predicted octanol–water partition coefficient (Wildman–Crippen LogP) is 2.60. The van der Waals surface area contributed by atoms with Crippen molar-refractivity contribution in [2.24, 2.45) is 12.8 Å². The highest BCUT2D eigenvalue weighted by atomic mass is 19.1. The van der Waals surface area contributed by atoms with Crippen molar-refractivity contribution in [1.29, 1.82) is 5.41 Å². The van der Waals surface area contributed by atoms with Gasteiger partial charge in [-0.25, -0.2) is 9.37 Å². The zero-order valence-corrected chi connectivity index (χ0v) is 17.1. The Labute approximate surface area is 178 Å². The number of ether oxygens (including phenoxy) is 1. The monoisotopic (exact) mass is 422 g/mol. The Morgan fingerprint density at radius 2 is 1.97 bits per heavy atom. The number of fused-ring (bicyclic) bond motifs is 1. The van der Waals surface area contributed by atoms with Crippen LogP contribution in [0.3, 0.4) is 0 Å². The third-order valence-corrected chi connectivity index (χ3v) is 5.31. The van der Waals surface area contributed by atoms with Gasteiger partial charge in [-0.1, -0.05) is 0 Å². The van der Waals surface area contributed by atoms with Gasteiger partial charge in [0, 0.05) is 49.5 Å². The highest BCUT2D eigenvalue weighted by Crippen LogP contribution is 2.24. The Morgan fingerprint density at radius 1 is 1.26 bits per heavy atom. The second kappa shape index (κ2) is 8.57. The molecular formula is C22H23FN6O2. The minimum Gasteiger partial charge on any atom is -0.404 e. The van der Waals surface area contributed by atoms with Crippen molar-refractivity contribution in [1.82, 2.24) is 9.55 Å². The molecule has 1 aliphatic heterocycles. The third-order valence-electron chi connectivity index (χ3n) is 5.31. The van der Waals surface area contributed by atoms with Crippen LogP contribution in [0.4, 0.5) is 21.6 Å². The van der Waals surface area contributed by atoms with Crippen molar-refractivity contribution in [2.45, 2.75) is 0 Å². The van der Waals surface area contributed by atoms with Crippen LogP contribution in [0.2, 0.25) is 0 Å². The summed E-state index contributed by atoms with van der Waals surface area (Å²) in [6.07, 6.45) is 2.25. The second-order valence-corrected chi connectivity index (χ2v) is 7.19. The number of hydrogen-bond acceptors (Lipinski definition) is 7. The molecule has 2 heterocycles. The largest absolute Gasteiger partial charge is 0.404 e. The first-order chi connectivity index (χ1) is 15.0. The van der Waals surface area contributed by atoms with Crippen LogP contribution in [0, 0.1) is 11.2 Å². The van der Waals surface area contributed by atoms with E-state index in [1.165, 1.54) is 16.8 Å². The maximum absolute atomic E-state index is 14.8. The molecule has 0 unspecified atom stereocenters. The number of nitrogens with two attached hydrogens (primary N) is 1. The number of hydrogen-bond donors (Lipinski definition) is 3. The molecule has 0 saturated carbocycles. The quantitative estimate of drug-likeness (QED) is 0.546. The van der Waals surface area contributed by atoms with E-state index in [1.54, 1.807) is 13.1 Å². The topological polar surface area (TPSA) is 109 Å². The molecule has 0 atom stereocenters. The van der Waals surface area contributed by atoms with E-state index >= 15 is 0 Å². The van der Waals surface area contributed by atoms with Gasteiger partial charge in [-0.05, 0) is 42.0 Å². The average Bonchev–Trinajstić information content (AvgIpc) is 2.80. The van der Waals surface area contributed by atoms with Gasteiger partial charge in [0.1, 0.15) is 5.52 Å². The lowest BCUT2D eigenvalue weighted by Crippen LogP contribution is -2.36. The normalized spacial score (nSPS) is 14.6. The fraction of sp³-hybridized carbons (Fsp3) is 0.227. The summed E-state index contributed by atoms with van der Waals surface area (Å²) < 4.78 is 21.5. The van der Waals surface area contributed by atoms with Crippen LogP contribution in [-0.2, 0) is 11.8 Å². The summed E-state index contributed by atoms with van der Waals surface area (Å²) in [5.41, 5.74) is 7.97. The molecule has 2 aromatic carbocycles. The summed E-state index contributed by atoms with van der Waals surface area (Å²) in [7, 11) is 1.55. The van der Waals surface area contributed by atoms with E-state index in [0.29, 0.717) is 35.6 Å². The summed E-state index contributed by atoms with van der Waals surface area (Å²) in [4.78, 5) is 19.3. The number of morpholine rings is 1. The molecule has 1 aromatic heterocycles. The maximum atomic E-state index is 14.8. The molecule has 0 aliphatic carbocycles. The first-order valence-electron chi connectivity index (χ1n) is 9.84. The molecule has 1 fully saturated rings. The Hall–Kier alpha value is -3.72. The van der Waals surface area contributed by atoms with Gasteiger partial charge >= 0.3 is 0 Å². The molecule has 4 N–H and O–H groups in total. The zero-order valence-electron chi connectivity index (χ0n) is 17.1. The Morgan fingerprint density at radius 3 is 2.61 bits per heavy atom. The zero-order chi connectivity index (χ0) is 22.0. The lowest BCUT2D eigenvalue weighted by molar-refractivity contribution is 0.122. The van der Waals surface area contributed by atoms with Gasteiger partial charge in [0.05, 0.1) is 18.7 Å². The number of nitrogens with zero attached hydrogens (tertiary/aromatic N) is 3. The standard InChI is InChI=1S/C22H23FN6O2/c1-28-19-11-14(15(12-24)13-25)10-18(23)20(19)27-21(22(28)30)26-16-2-4-17(5-3-16)29-6-8-31-9-7-29/h2-5,10-13,24H,6-9,25H2,1H3,(H,26,27)/b15-13+,24-12?. The van der Waals surface area contributed by atoms with E-state index in [1.807, 2.05) is 24.3 Å². The van der Waals surface area contributed by atoms with Gasteiger partial charge in [0.2, 0.25) is 0 Å². The number of nitrogens with one attached hydrogen (secondary N) is 2. The number of aromatic nitrogens is 2. The number of allylic oxidation sites excluding steroid dienone is 1. The van der Waals surface area contributed by atoms with Crippen molar-refractivity contribution in [2.75, 3.05) is 36.5 Å². The molecule has 9 heteroatoms. The van der Waals surface area contributed by atoms with Crippen molar-refractivity contribution >= 4 is 40.0 Å². The molecule has 3 aromatic rings. The van der Waals surface area contributed by atoms with Crippen molar-refractivity contribution < 1.29 is 9.13 Å². The molecule has 160 valence electrons. The molecule has 8 nitrogen and oxygen atoms in total. The predicted molar refractivity (Wildman–Crippen MR) is 121 cm³/mol. The molecule has 0 radical (unpaired) electrons. The molecule has 1 saturated heterocycles. The van der Waals surface area contributed by atoms with Crippen LogP contribution in [-0.4, -0.2) is 42.1 Å². The molecule has 0 spiro atoms. The van der Waals surface area contributed by atoms with Crippen molar-refractivity contribution in [3.05, 3.63) is 64.3 Å². The number of aryl methyl sites for hydroxylation is 1. The van der Waals surface area contributed by atoms with E-state index in [2.05, 4.69) is 15.2 Å². The van der Waals surface area contributed by atoms with Gasteiger partial charge in [0.25, 0.3) is 5.56 Å². The Balaban J connectivity index is 1.67. The van der Waals surface area contributed by atoms with E-state index in [-0.39, 0.29) is 11.3 Å². The van der Waals surface area contributed by atoms with Crippen LogP contribution >= 0.6 is 0 Å². The number of anilines is 3. The van der Waals surface area contributed by atoms with Crippen LogP contribution < -0.4 is 21.5 Å². The maximum Gasteiger partial charge on any atom is 0.293 e. The smallest absolute Gasteiger partial charge is 0.293 e. The first kappa shape index (κ1) is 20.5. The minimum absolute atomic E-state index is 0.0300. The summed E-state index contributed by atoms with van der Waals surface area (Å²) in [6, 6.07) is 10.5. The van der Waals surface area contributed by atoms with Gasteiger partial charge in [-0.15, -0.1) is 0 Å². The van der Waals surface area contributed by atoms with Gasteiger partial charge in [-0.3, -0.25) is 4.79 Å². The fourth-order valence-electron chi connectivity index (χ4n) is 3.57. The van der Waals surface area contributed by atoms with Crippen LogP contribution in [0.1, 0.15) is 5.56 Å². The average molecular weight is 422 g/mol. The second-order valence-electron chi connectivity index (χ2n) is 7.19. The number of rotatable bonds is 5. The first-order valence-corrected chi connectivity index (χ1v) is 9.84. The van der Waals surface area contributed by atoms with Crippen LogP contribution in [0.25, 0.3) is 16.6 Å². The fourth-order valence-corrected chi connectivity index (χ4v) is 3.57. The molecule has 0 amide bonds. The van der Waals surface area contributed by atoms with E-state index in [9.17, 15) is 9.18 Å². The van der Waals surface area contributed by atoms with Gasteiger partial charge in [0.15, 0.2) is 11.6 Å². The van der Waals surface area contributed by atoms with Crippen molar-refractivity contribution in [3.63, 3.8) is 0 Å². The molecule has 1 aliphatic rings. The third kappa shape index (κ3) is 3.99. The molecule has 31 heavy (non-hydrogen) atoms. The number of benzene rings is 2. The molecule has 4 rings (SSSR count). The molecular weight excluding hydrogens is 399 g/mol. The SMILES string of the molecule is Cn1c(=O)c(Nc2ccc(N3CCOCC3)cc2)nc2c(F)cc(/C(C=N)=C/N)cc21. The lowest BCUT2D eigenvalue weighted by atomic mass is 10.1. The highest BCUT2D eigenvalue weighted by Gasteiger charge is 2.15. The van der Waals surface area contributed by atoms with Gasteiger partial charge < -0.3 is 30.7 Å². The Bertz CT molecular complexity index is 1210. The minimum atomic E-state index is -0.602. The summed E-state index contributed by atoms with van der Waals surface area (Å²) >= 11 is 0. The summed E-state index contributed by atoms with van der Waals surface area (Å²) in [5, 5.41) is 10.4. The highest BCUT2D eigenvalue weighted by molar-refractivity contribution is 6.09. The Kier molecular flexibility index (Phi) is 5.68. The summed E-state index contributed by atoms with van der Waals surface area (Å²) in [5.74, 6) is -0.572. The van der Waals surface area contributed by atoms with Gasteiger partial charge in [-0.2, -0.15) is 0 Å². The van der Waals surface area contributed by atoms with Crippen LogP contribution in [0.15, 0.2) is 47.4 Å². The van der Waals surface area contributed by atoms with E-state index < -0.39 is 11.4 Å². The lowest BCUT2D eigenvalue weighted by Gasteiger charge is -2.28. The van der Waals surface area contributed by atoms with Crippen LogP contribution in [0.5, 0.6) is 0 Å². The van der Waals surface area contributed by atoms with E-state index in [4.69, 9.17) is 15.9 Å².